The highest BCUT2D eigenvalue weighted by Crippen LogP contribution is 2.28. The molecule has 196 valence electrons. The number of amides is 4. The summed E-state index contributed by atoms with van der Waals surface area (Å²) in [5.41, 5.74) is 1.53. The number of nitrogens with one attached hydrogen (secondary N) is 4. The Hall–Kier alpha value is -3.10. The van der Waals surface area contributed by atoms with Crippen LogP contribution in [-0.2, 0) is 0 Å². The van der Waals surface area contributed by atoms with Crippen LogP contribution in [0.25, 0.3) is 0 Å². The van der Waals surface area contributed by atoms with Crippen molar-refractivity contribution in [1.82, 2.24) is 21.3 Å². The van der Waals surface area contributed by atoms with Gasteiger partial charge in [-0.25, -0.2) is 9.59 Å². The Labute approximate surface area is 213 Å². The fourth-order valence-electron chi connectivity index (χ4n) is 4.80. The largest absolute Gasteiger partial charge is 0.386 e. The zero-order valence-corrected chi connectivity index (χ0v) is 21.2. The number of hydrogen-bond donors (Lipinski definition) is 6. The van der Waals surface area contributed by atoms with Crippen molar-refractivity contribution in [2.75, 3.05) is 13.1 Å². The van der Waals surface area contributed by atoms with E-state index in [-0.39, 0.29) is 12.1 Å². The Morgan fingerprint density at radius 3 is 1.53 bits per heavy atom. The van der Waals surface area contributed by atoms with Gasteiger partial charge in [0, 0.05) is 13.1 Å². The lowest BCUT2D eigenvalue weighted by atomic mass is 9.81. The molecule has 4 amide bonds. The highest BCUT2D eigenvalue weighted by Gasteiger charge is 2.24. The van der Waals surface area contributed by atoms with Crippen LogP contribution in [0.1, 0.15) is 62.9 Å². The first-order valence-electron chi connectivity index (χ1n) is 12.9. The van der Waals surface area contributed by atoms with Crippen LogP contribution in [0, 0.1) is 11.8 Å². The standard InChI is InChI=1S/C28H40N4O4/c1-19(25(33)23-12-5-3-6-13-23)31-27(35)29-17-21-10-9-11-22(16-21)18-30-28(36)32-20(2)26(34)24-14-7-4-8-15-24/h3-8,12-15,19-22,25-26,33-34H,9-11,16-18H2,1-2H3,(H2,29,31,35)(H2,30,32,36)/t19-,20+,21-,22+,25-,26+. The molecular weight excluding hydrogens is 456 g/mol. The van der Waals surface area contributed by atoms with Gasteiger partial charge in [-0.2, -0.15) is 0 Å². The van der Waals surface area contributed by atoms with Gasteiger partial charge in [-0.05, 0) is 56.1 Å². The van der Waals surface area contributed by atoms with Gasteiger partial charge in [0.25, 0.3) is 0 Å². The Bertz CT molecular complexity index is 868. The topological polar surface area (TPSA) is 123 Å². The van der Waals surface area contributed by atoms with E-state index in [1.54, 1.807) is 13.8 Å². The van der Waals surface area contributed by atoms with E-state index in [9.17, 15) is 19.8 Å². The SMILES string of the molecule is C[C@H](NC(=O)NC[C@H]1CCC[C@@H](CNC(=O)N[C@H](C)[C@@H](O)c2ccccc2)C1)[C@H](O)c1ccccc1. The molecule has 0 aliphatic heterocycles. The molecule has 0 aromatic heterocycles. The Morgan fingerprint density at radius 2 is 1.14 bits per heavy atom. The molecule has 1 aliphatic carbocycles. The molecule has 0 spiro atoms. The average Bonchev–Trinajstić information content (AvgIpc) is 2.91. The van der Waals surface area contributed by atoms with Crippen molar-refractivity contribution in [3.63, 3.8) is 0 Å². The maximum Gasteiger partial charge on any atom is 0.315 e. The normalized spacial score (nSPS) is 20.9. The van der Waals surface area contributed by atoms with Crippen LogP contribution in [0.5, 0.6) is 0 Å². The zero-order valence-electron chi connectivity index (χ0n) is 21.2. The van der Waals surface area contributed by atoms with Crippen molar-refractivity contribution in [3.05, 3.63) is 71.8 Å². The number of rotatable bonds is 10. The van der Waals surface area contributed by atoms with Crippen molar-refractivity contribution in [1.29, 1.82) is 0 Å². The van der Waals surface area contributed by atoms with Gasteiger partial charge in [0.1, 0.15) is 0 Å². The van der Waals surface area contributed by atoms with E-state index in [2.05, 4.69) is 21.3 Å². The van der Waals surface area contributed by atoms with Crippen LogP contribution < -0.4 is 21.3 Å². The molecule has 8 nitrogen and oxygen atoms in total. The Morgan fingerprint density at radius 1 is 0.750 bits per heavy atom. The van der Waals surface area contributed by atoms with Gasteiger partial charge in [-0.15, -0.1) is 0 Å². The number of aliphatic hydroxyl groups excluding tert-OH is 2. The molecule has 6 N–H and O–H groups in total. The van der Waals surface area contributed by atoms with Crippen molar-refractivity contribution in [3.8, 4) is 0 Å². The number of urea groups is 2. The lowest BCUT2D eigenvalue weighted by molar-refractivity contribution is 0.136. The van der Waals surface area contributed by atoms with Crippen LogP contribution in [0.2, 0.25) is 0 Å². The van der Waals surface area contributed by atoms with E-state index < -0.39 is 24.3 Å². The highest BCUT2D eigenvalue weighted by molar-refractivity contribution is 5.74. The summed E-state index contributed by atoms with van der Waals surface area (Å²) in [6.07, 6.45) is 2.49. The molecule has 1 fully saturated rings. The van der Waals surface area contributed by atoms with Gasteiger partial charge in [0.05, 0.1) is 24.3 Å². The Balaban J connectivity index is 1.35. The van der Waals surface area contributed by atoms with Gasteiger partial charge >= 0.3 is 12.1 Å². The van der Waals surface area contributed by atoms with Crippen LogP contribution >= 0.6 is 0 Å². The quantitative estimate of drug-likeness (QED) is 0.301. The minimum Gasteiger partial charge on any atom is -0.386 e. The summed E-state index contributed by atoms with van der Waals surface area (Å²) >= 11 is 0. The lowest BCUT2D eigenvalue weighted by Gasteiger charge is -2.30. The monoisotopic (exact) mass is 496 g/mol. The average molecular weight is 497 g/mol. The molecule has 0 unspecified atom stereocenters. The number of carbonyl (C=O) groups is 2. The minimum absolute atomic E-state index is 0.289. The van der Waals surface area contributed by atoms with Crippen LogP contribution in [0.15, 0.2) is 60.7 Å². The van der Waals surface area contributed by atoms with E-state index in [0.29, 0.717) is 24.9 Å². The van der Waals surface area contributed by atoms with Crippen LogP contribution in [0.4, 0.5) is 9.59 Å². The molecule has 2 aromatic carbocycles. The number of aliphatic hydroxyl groups is 2. The molecule has 1 saturated carbocycles. The van der Waals surface area contributed by atoms with Gasteiger partial charge < -0.3 is 31.5 Å². The Kier molecular flexibility index (Phi) is 10.6. The van der Waals surface area contributed by atoms with Crippen molar-refractivity contribution >= 4 is 12.1 Å². The molecule has 0 bridgehead atoms. The van der Waals surface area contributed by atoms with Crippen LogP contribution in [0.3, 0.4) is 0 Å². The molecule has 6 atom stereocenters. The van der Waals surface area contributed by atoms with Gasteiger partial charge in [0.15, 0.2) is 0 Å². The van der Waals surface area contributed by atoms with Crippen LogP contribution in [-0.4, -0.2) is 47.4 Å². The smallest absolute Gasteiger partial charge is 0.315 e. The minimum atomic E-state index is -0.773. The second-order valence-corrected chi connectivity index (χ2v) is 9.90. The first-order valence-corrected chi connectivity index (χ1v) is 12.9. The lowest BCUT2D eigenvalue weighted by Crippen LogP contribution is -2.46. The molecule has 36 heavy (non-hydrogen) atoms. The second-order valence-electron chi connectivity index (χ2n) is 9.90. The van der Waals surface area contributed by atoms with Crippen molar-refractivity contribution in [2.24, 2.45) is 11.8 Å². The summed E-state index contributed by atoms with van der Waals surface area (Å²) < 4.78 is 0. The summed E-state index contributed by atoms with van der Waals surface area (Å²) in [5, 5.41) is 32.4. The molecule has 0 radical (unpaired) electrons. The highest BCUT2D eigenvalue weighted by atomic mass is 16.3. The molecule has 2 aromatic rings. The van der Waals surface area contributed by atoms with E-state index in [0.717, 1.165) is 36.8 Å². The third-order valence-electron chi connectivity index (χ3n) is 6.94. The van der Waals surface area contributed by atoms with Gasteiger partial charge in [0.2, 0.25) is 0 Å². The summed E-state index contributed by atoms with van der Waals surface area (Å²) in [6, 6.07) is 17.1. The molecular formula is C28H40N4O4. The second kappa shape index (κ2) is 13.8. The van der Waals surface area contributed by atoms with Gasteiger partial charge in [-0.1, -0.05) is 67.1 Å². The van der Waals surface area contributed by atoms with E-state index in [1.165, 1.54) is 0 Å². The number of carbonyl (C=O) groups excluding carboxylic acids is 2. The molecule has 0 saturated heterocycles. The summed E-state index contributed by atoms with van der Waals surface area (Å²) in [7, 11) is 0. The summed E-state index contributed by atoms with van der Waals surface area (Å²) in [5.74, 6) is 0.681. The van der Waals surface area contributed by atoms with E-state index >= 15 is 0 Å². The van der Waals surface area contributed by atoms with Gasteiger partial charge in [-0.3, -0.25) is 0 Å². The van der Waals surface area contributed by atoms with Crippen molar-refractivity contribution in [2.45, 2.75) is 63.8 Å². The predicted molar refractivity (Wildman–Crippen MR) is 140 cm³/mol. The van der Waals surface area contributed by atoms with Crippen molar-refractivity contribution < 1.29 is 19.8 Å². The molecule has 3 rings (SSSR count). The van der Waals surface area contributed by atoms with E-state index in [1.807, 2.05) is 60.7 Å². The fraction of sp³-hybridized carbons (Fsp3) is 0.500. The summed E-state index contributed by atoms with van der Waals surface area (Å²) in [6.45, 7) is 4.68. The molecule has 1 aliphatic rings. The third kappa shape index (κ3) is 8.53. The fourth-order valence-corrected chi connectivity index (χ4v) is 4.80. The van der Waals surface area contributed by atoms with E-state index in [4.69, 9.17) is 0 Å². The maximum absolute atomic E-state index is 12.4. The zero-order chi connectivity index (χ0) is 25.9. The third-order valence-corrected chi connectivity index (χ3v) is 6.94. The number of hydrogen-bond acceptors (Lipinski definition) is 4. The summed E-state index contributed by atoms with van der Waals surface area (Å²) in [4.78, 5) is 24.7. The number of benzene rings is 2. The first kappa shape index (κ1) is 27.5. The molecule has 8 heteroatoms. The first-order chi connectivity index (χ1) is 17.3. The molecule has 0 heterocycles. The predicted octanol–water partition coefficient (Wildman–Crippen LogP) is 3.64. The maximum atomic E-state index is 12.4.